The van der Waals surface area contributed by atoms with Crippen molar-refractivity contribution < 1.29 is 4.74 Å². The number of H-pyrrole nitrogens is 3. The van der Waals surface area contributed by atoms with Crippen LogP contribution in [0.4, 0.5) is 0 Å². The highest BCUT2D eigenvalue weighted by Gasteiger charge is 2.30. The maximum atomic E-state index is 13.1. The van der Waals surface area contributed by atoms with Gasteiger partial charge < -0.3 is 24.6 Å². The maximum absolute atomic E-state index is 13.1. The van der Waals surface area contributed by atoms with Gasteiger partial charge in [0.15, 0.2) is 0 Å². The highest BCUT2D eigenvalue weighted by Crippen LogP contribution is 2.43. The van der Waals surface area contributed by atoms with Gasteiger partial charge >= 0.3 is 0 Å². The Morgan fingerprint density at radius 1 is 1.05 bits per heavy atom. The van der Waals surface area contributed by atoms with Gasteiger partial charge in [-0.2, -0.15) is 0 Å². The van der Waals surface area contributed by atoms with Crippen molar-refractivity contribution in [3.05, 3.63) is 51.6 Å². The molecule has 7 heteroatoms. The zero-order chi connectivity index (χ0) is 25.6. The van der Waals surface area contributed by atoms with Gasteiger partial charge in [0.25, 0.3) is 5.56 Å². The van der Waals surface area contributed by atoms with Gasteiger partial charge in [-0.25, -0.2) is 4.98 Å². The van der Waals surface area contributed by atoms with Crippen molar-refractivity contribution in [2.24, 2.45) is 5.92 Å². The SMILES string of the molecule is CC#Cc1c(C2CC2)[nH]c2c(-c3nc4ccc(C5CCN(CC6CCOCC6)CC5)cc4[nH]3)c(=O)[nH]cc12. The Kier molecular flexibility index (Phi) is 6.10. The highest BCUT2D eigenvalue weighted by atomic mass is 16.5. The first kappa shape index (κ1) is 23.8. The minimum atomic E-state index is -0.145. The molecular formula is C31H35N5O2. The number of pyridine rings is 1. The smallest absolute Gasteiger partial charge is 0.261 e. The van der Waals surface area contributed by atoms with E-state index in [4.69, 9.17) is 9.72 Å². The number of nitrogens with zero attached hydrogens (tertiary/aromatic N) is 2. The average Bonchev–Trinajstić information content (AvgIpc) is 3.60. The van der Waals surface area contributed by atoms with E-state index >= 15 is 0 Å². The normalized spacial score (nSPS) is 19.7. The van der Waals surface area contributed by atoms with E-state index < -0.39 is 0 Å². The second kappa shape index (κ2) is 9.76. The van der Waals surface area contributed by atoms with Gasteiger partial charge in [0.05, 0.1) is 22.1 Å². The fraction of sp³-hybridized carbons (Fsp3) is 0.484. The summed E-state index contributed by atoms with van der Waals surface area (Å²) in [6.07, 6.45) is 8.88. The second-order valence-corrected chi connectivity index (χ2v) is 11.3. The van der Waals surface area contributed by atoms with Crippen molar-refractivity contribution in [2.45, 2.75) is 57.3 Å². The summed E-state index contributed by atoms with van der Waals surface area (Å²) in [6.45, 7) is 7.23. The van der Waals surface area contributed by atoms with Crippen LogP contribution in [-0.2, 0) is 4.74 Å². The average molecular weight is 510 g/mol. The van der Waals surface area contributed by atoms with E-state index in [9.17, 15) is 4.79 Å². The Morgan fingerprint density at radius 3 is 2.63 bits per heavy atom. The second-order valence-electron chi connectivity index (χ2n) is 11.3. The number of benzene rings is 1. The number of fused-ring (bicyclic) bond motifs is 2. The summed E-state index contributed by atoms with van der Waals surface area (Å²) in [5, 5.41) is 0.963. The summed E-state index contributed by atoms with van der Waals surface area (Å²) >= 11 is 0. The van der Waals surface area contributed by atoms with Crippen molar-refractivity contribution in [3.8, 4) is 23.2 Å². The van der Waals surface area contributed by atoms with Gasteiger partial charge in [0.1, 0.15) is 11.4 Å². The Bertz CT molecular complexity index is 1600. The molecule has 1 saturated carbocycles. The lowest BCUT2D eigenvalue weighted by Gasteiger charge is -2.35. The van der Waals surface area contributed by atoms with Crippen LogP contribution in [0.1, 0.15) is 74.1 Å². The quantitative estimate of drug-likeness (QED) is 0.321. The van der Waals surface area contributed by atoms with E-state index in [0.29, 0.717) is 23.2 Å². The molecule has 7 rings (SSSR count). The summed E-state index contributed by atoms with van der Waals surface area (Å²) < 4.78 is 5.53. The minimum absolute atomic E-state index is 0.145. The third-order valence-corrected chi connectivity index (χ3v) is 8.79. The molecule has 5 heterocycles. The first-order chi connectivity index (χ1) is 18.7. The molecule has 2 aliphatic heterocycles. The predicted molar refractivity (Wildman–Crippen MR) is 150 cm³/mol. The van der Waals surface area contributed by atoms with Gasteiger partial charge in [-0.3, -0.25) is 4.79 Å². The van der Waals surface area contributed by atoms with Crippen LogP contribution < -0.4 is 5.56 Å². The number of hydrogen-bond acceptors (Lipinski definition) is 4. The lowest BCUT2D eigenvalue weighted by atomic mass is 9.88. The number of aromatic amines is 3. The molecule has 196 valence electrons. The van der Waals surface area contributed by atoms with Crippen LogP contribution in [-0.4, -0.2) is 57.7 Å². The molecule has 1 aromatic carbocycles. The van der Waals surface area contributed by atoms with E-state index in [1.165, 1.54) is 37.8 Å². The van der Waals surface area contributed by atoms with E-state index in [0.717, 1.165) is 78.3 Å². The van der Waals surface area contributed by atoms with Crippen molar-refractivity contribution in [1.82, 2.24) is 24.8 Å². The molecule has 0 bridgehead atoms. The Labute approximate surface area is 222 Å². The first-order valence-corrected chi connectivity index (χ1v) is 14.2. The van der Waals surface area contributed by atoms with Crippen LogP contribution in [0.5, 0.6) is 0 Å². The van der Waals surface area contributed by atoms with Gasteiger partial charge in [-0.1, -0.05) is 12.0 Å². The van der Waals surface area contributed by atoms with Crippen LogP contribution in [0.3, 0.4) is 0 Å². The monoisotopic (exact) mass is 509 g/mol. The van der Waals surface area contributed by atoms with Gasteiger partial charge in [0, 0.05) is 43.0 Å². The van der Waals surface area contributed by atoms with Gasteiger partial charge in [-0.05, 0) is 88.1 Å². The molecule has 3 N–H and O–H groups in total. The molecule has 0 radical (unpaired) electrons. The highest BCUT2D eigenvalue weighted by molar-refractivity contribution is 5.97. The number of piperidine rings is 1. The third-order valence-electron chi connectivity index (χ3n) is 8.79. The van der Waals surface area contributed by atoms with E-state index in [1.54, 1.807) is 6.20 Å². The molecule has 0 unspecified atom stereocenters. The molecule has 38 heavy (non-hydrogen) atoms. The Hall–Kier alpha value is -3.34. The zero-order valence-corrected chi connectivity index (χ0v) is 22.0. The molecule has 1 aliphatic carbocycles. The molecule has 3 aromatic heterocycles. The number of imidazole rings is 1. The number of rotatable bonds is 5. The Balaban J connectivity index is 1.16. The zero-order valence-electron chi connectivity index (χ0n) is 22.0. The fourth-order valence-electron chi connectivity index (χ4n) is 6.51. The first-order valence-electron chi connectivity index (χ1n) is 14.2. The number of aromatic nitrogens is 4. The third kappa shape index (κ3) is 4.36. The standard InChI is InChI=1S/C31H35N5O2/c1-2-3-23-24-17-32-31(37)27(29(24)35-28(23)21-4-5-21)30-33-25-7-6-22(16-26(25)34-30)20-8-12-36(13-9-20)18-19-10-14-38-15-11-19/h6-7,16-17,19-21,35H,4-5,8-15,18H2,1H3,(H,32,37)(H,33,34). The van der Waals surface area contributed by atoms with E-state index in [1.807, 2.05) is 6.92 Å². The van der Waals surface area contributed by atoms with Crippen LogP contribution >= 0.6 is 0 Å². The number of nitrogens with one attached hydrogen (secondary N) is 3. The van der Waals surface area contributed by atoms with Gasteiger partial charge in [-0.15, -0.1) is 5.92 Å². The van der Waals surface area contributed by atoms with Crippen LogP contribution in [0.15, 0.2) is 29.2 Å². The molecular weight excluding hydrogens is 474 g/mol. The predicted octanol–water partition coefficient (Wildman–Crippen LogP) is 5.25. The maximum Gasteiger partial charge on any atom is 0.261 e. The lowest BCUT2D eigenvalue weighted by Crippen LogP contribution is -2.38. The van der Waals surface area contributed by atoms with Crippen LogP contribution in [0.25, 0.3) is 33.3 Å². The van der Waals surface area contributed by atoms with Crippen molar-refractivity contribution in [1.29, 1.82) is 0 Å². The van der Waals surface area contributed by atoms with E-state index in [2.05, 4.69) is 49.9 Å². The van der Waals surface area contributed by atoms with Crippen molar-refractivity contribution in [3.63, 3.8) is 0 Å². The molecule has 3 aliphatic rings. The molecule has 4 aromatic rings. The van der Waals surface area contributed by atoms with Gasteiger partial charge in [0.2, 0.25) is 0 Å². The number of hydrogen-bond donors (Lipinski definition) is 3. The number of ether oxygens (including phenoxy) is 1. The minimum Gasteiger partial charge on any atom is -0.381 e. The summed E-state index contributed by atoms with van der Waals surface area (Å²) in [7, 11) is 0. The van der Waals surface area contributed by atoms with Crippen molar-refractivity contribution >= 4 is 21.9 Å². The van der Waals surface area contributed by atoms with Crippen molar-refractivity contribution in [2.75, 3.05) is 32.8 Å². The summed E-state index contributed by atoms with van der Waals surface area (Å²) in [5.41, 5.74) is 6.63. The summed E-state index contributed by atoms with van der Waals surface area (Å²) in [6, 6.07) is 6.58. The largest absolute Gasteiger partial charge is 0.381 e. The molecule has 3 fully saturated rings. The molecule has 2 saturated heterocycles. The van der Waals surface area contributed by atoms with Crippen LogP contribution in [0.2, 0.25) is 0 Å². The van der Waals surface area contributed by atoms with Crippen LogP contribution in [0, 0.1) is 17.8 Å². The topological polar surface area (TPSA) is 89.8 Å². The number of likely N-dealkylation sites (tertiary alicyclic amines) is 1. The summed E-state index contributed by atoms with van der Waals surface area (Å²) in [5.74, 6) is 8.78. The Morgan fingerprint density at radius 2 is 1.87 bits per heavy atom. The molecule has 0 atom stereocenters. The molecule has 0 spiro atoms. The summed E-state index contributed by atoms with van der Waals surface area (Å²) in [4.78, 5) is 30.6. The molecule has 0 amide bonds. The fourth-order valence-corrected chi connectivity index (χ4v) is 6.51. The molecule has 7 nitrogen and oxygen atoms in total. The lowest BCUT2D eigenvalue weighted by molar-refractivity contribution is 0.0488. The van der Waals surface area contributed by atoms with E-state index in [-0.39, 0.29) is 5.56 Å².